The fourth-order valence-electron chi connectivity index (χ4n) is 3.42. The fraction of sp³-hybridized carbons (Fsp3) is 0.200. The zero-order chi connectivity index (χ0) is 22.6. The monoisotopic (exact) mass is 449 g/mol. The van der Waals surface area contributed by atoms with Gasteiger partial charge < -0.3 is 0 Å². The highest BCUT2D eigenvalue weighted by Gasteiger charge is 2.30. The van der Waals surface area contributed by atoms with Crippen molar-refractivity contribution in [2.45, 2.75) is 13.1 Å². The molecule has 11 heteroatoms. The molecule has 0 atom stereocenters. The minimum Gasteiger partial charge on any atom is -0.283 e. The van der Waals surface area contributed by atoms with Gasteiger partial charge in [0.25, 0.3) is 0 Å². The summed E-state index contributed by atoms with van der Waals surface area (Å²) in [7, 11) is -1.75. The Bertz CT molecular complexity index is 1390. The van der Waals surface area contributed by atoms with Crippen LogP contribution in [0.1, 0.15) is 11.1 Å². The number of benzene rings is 2. The summed E-state index contributed by atoms with van der Waals surface area (Å²) in [6.45, 7) is 1.76. The van der Waals surface area contributed by atoms with Crippen LogP contribution in [0.15, 0.2) is 48.8 Å². The van der Waals surface area contributed by atoms with Gasteiger partial charge in [-0.2, -0.15) is 23.4 Å². The molecule has 0 saturated carbocycles. The fourth-order valence-corrected chi connectivity index (χ4v) is 4.04. The van der Waals surface area contributed by atoms with E-state index in [4.69, 9.17) is 0 Å². The van der Waals surface area contributed by atoms with Crippen LogP contribution in [0.5, 0.6) is 0 Å². The maximum absolute atomic E-state index is 12.9. The maximum atomic E-state index is 12.9. The van der Waals surface area contributed by atoms with Crippen molar-refractivity contribution in [2.75, 3.05) is 11.0 Å². The smallest absolute Gasteiger partial charge is 0.283 e. The summed E-state index contributed by atoms with van der Waals surface area (Å²) in [6.07, 6.45) is 0.00260. The Kier molecular flexibility index (Phi) is 4.80. The molecule has 0 unspecified atom stereocenters. The summed E-state index contributed by atoms with van der Waals surface area (Å²) in [4.78, 5) is 0. The van der Waals surface area contributed by atoms with Gasteiger partial charge in [-0.05, 0) is 48.9 Å². The predicted octanol–water partition coefficient (Wildman–Crippen LogP) is 4.12. The molecule has 162 valence electrons. The molecule has 7 nitrogen and oxygen atoms in total. The van der Waals surface area contributed by atoms with E-state index >= 15 is 0 Å². The standard InChI is InChI=1S/C20H18F3N5O2S/c1-12-16(26-31(3,29)30)8-9-17-18(12)19(13-10-24-27(2)11-13)25-28(17)15-6-4-14(5-7-15)20(21,22)23/h4-11,26H,1-3H3. The average molecular weight is 449 g/mol. The van der Waals surface area contributed by atoms with Crippen LogP contribution >= 0.6 is 0 Å². The molecule has 1 N–H and O–H groups in total. The second-order valence-corrected chi connectivity index (χ2v) is 8.96. The summed E-state index contributed by atoms with van der Waals surface area (Å²) < 4.78 is 68.0. The maximum Gasteiger partial charge on any atom is 0.416 e. The molecule has 0 aliphatic heterocycles. The van der Waals surface area contributed by atoms with Crippen LogP contribution in [-0.4, -0.2) is 34.2 Å². The first-order valence-corrected chi connectivity index (χ1v) is 11.0. The van der Waals surface area contributed by atoms with Gasteiger partial charge in [0, 0.05) is 24.2 Å². The van der Waals surface area contributed by atoms with Crippen LogP contribution in [0.3, 0.4) is 0 Å². The van der Waals surface area contributed by atoms with Crippen molar-refractivity contribution in [3.8, 4) is 16.9 Å². The number of alkyl halides is 3. The Balaban J connectivity index is 1.96. The van der Waals surface area contributed by atoms with Crippen molar-refractivity contribution in [1.82, 2.24) is 19.6 Å². The van der Waals surface area contributed by atoms with Crippen LogP contribution in [0.2, 0.25) is 0 Å². The molecule has 0 bridgehead atoms. The third kappa shape index (κ3) is 4.00. The molecule has 2 aromatic carbocycles. The third-order valence-electron chi connectivity index (χ3n) is 4.82. The van der Waals surface area contributed by atoms with E-state index in [-0.39, 0.29) is 0 Å². The number of hydrogen-bond donors (Lipinski definition) is 1. The molecule has 0 spiro atoms. The zero-order valence-electron chi connectivity index (χ0n) is 16.8. The Morgan fingerprint density at radius 3 is 2.29 bits per heavy atom. The van der Waals surface area contributed by atoms with Gasteiger partial charge in [0.05, 0.1) is 34.9 Å². The van der Waals surface area contributed by atoms with E-state index in [0.717, 1.165) is 18.4 Å². The predicted molar refractivity (Wildman–Crippen MR) is 111 cm³/mol. The number of nitrogens with zero attached hydrogens (tertiary/aromatic N) is 4. The van der Waals surface area contributed by atoms with Gasteiger partial charge >= 0.3 is 6.18 Å². The number of hydrogen-bond acceptors (Lipinski definition) is 4. The van der Waals surface area contributed by atoms with Gasteiger partial charge in [-0.3, -0.25) is 9.40 Å². The van der Waals surface area contributed by atoms with E-state index in [2.05, 4.69) is 14.9 Å². The Morgan fingerprint density at radius 2 is 1.74 bits per heavy atom. The van der Waals surface area contributed by atoms with E-state index in [0.29, 0.717) is 39.1 Å². The van der Waals surface area contributed by atoms with Crippen LogP contribution < -0.4 is 4.72 Å². The van der Waals surface area contributed by atoms with Crippen LogP contribution in [0.4, 0.5) is 18.9 Å². The van der Waals surface area contributed by atoms with Crippen molar-refractivity contribution in [1.29, 1.82) is 0 Å². The van der Waals surface area contributed by atoms with E-state index in [1.807, 2.05) is 0 Å². The Morgan fingerprint density at radius 1 is 1.06 bits per heavy atom. The number of anilines is 1. The van der Waals surface area contributed by atoms with Crippen molar-refractivity contribution in [3.05, 3.63) is 59.9 Å². The van der Waals surface area contributed by atoms with Crippen LogP contribution in [-0.2, 0) is 23.2 Å². The molecule has 2 heterocycles. The SMILES string of the molecule is Cc1c(NS(C)(=O)=O)ccc2c1c(-c1cnn(C)c1)nn2-c1ccc(C(F)(F)F)cc1. The molecular formula is C20H18F3N5O2S. The molecule has 0 fully saturated rings. The Labute approximate surface area is 176 Å². The minimum atomic E-state index is -4.44. The molecule has 0 amide bonds. The van der Waals surface area contributed by atoms with Gasteiger partial charge in [-0.15, -0.1) is 0 Å². The second-order valence-electron chi connectivity index (χ2n) is 7.21. The third-order valence-corrected chi connectivity index (χ3v) is 5.41. The highest BCUT2D eigenvalue weighted by Crippen LogP contribution is 2.36. The molecule has 0 saturated heterocycles. The van der Waals surface area contributed by atoms with Gasteiger partial charge in [-0.1, -0.05) is 0 Å². The molecule has 4 aromatic rings. The van der Waals surface area contributed by atoms with E-state index < -0.39 is 21.8 Å². The normalized spacial score (nSPS) is 12.5. The Hall–Kier alpha value is -3.34. The lowest BCUT2D eigenvalue weighted by molar-refractivity contribution is -0.137. The molecular weight excluding hydrogens is 431 g/mol. The summed E-state index contributed by atoms with van der Waals surface area (Å²) >= 11 is 0. The second kappa shape index (κ2) is 7.12. The quantitative estimate of drug-likeness (QED) is 0.508. The molecule has 31 heavy (non-hydrogen) atoms. The lowest BCUT2D eigenvalue weighted by Crippen LogP contribution is -2.10. The van der Waals surface area contributed by atoms with E-state index in [9.17, 15) is 21.6 Å². The number of sulfonamides is 1. The van der Waals surface area contributed by atoms with E-state index in [1.54, 1.807) is 43.2 Å². The van der Waals surface area contributed by atoms with Gasteiger partial charge in [0.2, 0.25) is 10.0 Å². The zero-order valence-corrected chi connectivity index (χ0v) is 17.6. The van der Waals surface area contributed by atoms with Gasteiger partial charge in [-0.25, -0.2) is 13.1 Å². The number of aromatic nitrogens is 4. The van der Waals surface area contributed by atoms with Gasteiger partial charge in [0.1, 0.15) is 5.69 Å². The first-order chi connectivity index (χ1) is 14.4. The molecule has 2 aromatic heterocycles. The van der Waals surface area contributed by atoms with Crippen molar-refractivity contribution in [2.24, 2.45) is 7.05 Å². The lowest BCUT2D eigenvalue weighted by Gasteiger charge is -2.10. The molecule has 0 aliphatic rings. The number of nitrogens with one attached hydrogen (secondary N) is 1. The van der Waals surface area contributed by atoms with Crippen molar-refractivity contribution < 1.29 is 21.6 Å². The van der Waals surface area contributed by atoms with Crippen molar-refractivity contribution >= 4 is 26.6 Å². The van der Waals surface area contributed by atoms with Crippen molar-refractivity contribution in [3.63, 3.8) is 0 Å². The van der Waals surface area contributed by atoms with E-state index in [1.165, 1.54) is 16.8 Å². The summed E-state index contributed by atoms with van der Waals surface area (Å²) in [5.74, 6) is 0. The first kappa shape index (κ1) is 20.9. The molecule has 0 aliphatic carbocycles. The van der Waals surface area contributed by atoms with Crippen LogP contribution in [0, 0.1) is 6.92 Å². The first-order valence-electron chi connectivity index (χ1n) is 9.11. The van der Waals surface area contributed by atoms with Crippen LogP contribution in [0.25, 0.3) is 27.8 Å². The van der Waals surface area contributed by atoms with Gasteiger partial charge in [0.15, 0.2) is 0 Å². The number of fused-ring (bicyclic) bond motifs is 1. The number of halogens is 3. The molecule has 0 radical (unpaired) electrons. The summed E-state index contributed by atoms with van der Waals surface area (Å²) in [5.41, 5.74) is 2.57. The average Bonchev–Trinajstić information content (AvgIpc) is 3.26. The number of rotatable bonds is 4. The summed E-state index contributed by atoms with van der Waals surface area (Å²) in [5, 5.41) is 9.47. The highest BCUT2D eigenvalue weighted by atomic mass is 32.2. The minimum absolute atomic E-state index is 0.395. The topological polar surface area (TPSA) is 81.8 Å². The lowest BCUT2D eigenvalue weighted by atomic mass is 10.0. The molecule has 4 rings (SSSR count). The number of aryl methyl sites for hydroxylation is 2. The largest absolute Gasteiger partial charge is 0.416 e. The highest BCUT2D eigenvalue weighted by molar-refractivity contribution is 7.92. The summed E-state index contributed by atoms with van der Waals surface area (Å²) in [6, 6.07) is 7.98.